The lowest BCUT2D eigenvalue weighted by atomic mass is 9.85. The van der Waals surface area contributed by atoms with E-state index in [4.69, 9.17) is 0 Å². The van der Waals surface area contributed by atoms with Crippen LogP contribution in [0.15, 0.2) is 28.7 Å². The minimum atomic E-state index is 0.0322. The van der Waals surface area contributed by atoms with E-state index < -0.39 is 0 Å². The van der Waals surface area contributed by atoms with Crippen molar-refractivity contribution in [3.63, 3.8) is 0 Å². The van der Waals surface area contributed by atoms with Crippen LogP contribution >= 0.6 is 15.9 Å². The van der Waals surface area contributed by atoms with Crippen LogP contribution < -0.4 is 10.6 Å². The molecule has 2 N–H and O–H groups in total. The van der Waals surface area contributed by atoms with Crippen molar-refractivity contribution in [1.29, 1.82) is 0 Å². The van der Waals surface area contributed by atoms with Gasteiger partial charge in [-0.05, 0) is 56.3 Å². The number of amides is 1. The van der Waals surface area contributed by atoms with Crippen LogP contribution in [-0.2, 0) is 4.79 Å². The molecule has 0 saturated carbocycles. The van der Waals surface area contributed by atoms with E-state index in [0.717, 1.165) is 23.1 Å². The summed E-state index contributed by atoms with van der Waals surface area (Å²) < 4.78 is 1.04. The highest BCUT2D eigenvalue weighted by Gasteiger charge is 2.22. The Morgan fingerprint density at radius 2 is 2.19 bits per heavy atom. The average molecular weight is 353 g/mol. The second kappa shape index (κ2) is 7.95. The molecule has 3 unspecified atom stereocenters. The molecule has 1 aromatic rings. The summed E-state index contributed by atoms with van der Waals surface area (Å²) in [7, 11) is 0. The van der Waals surface area contributed by atoms with E-state index in [1.807, 2.05) is 31.2 Å². The van der Waals surface area contributed by atoms with E-state index >= 15 is 0 Å². The Balaban J connectivity index is 1.85. The zero-order valence-electron chi connectivity index (χ0n) is 12.9. The smallest absolute Gasteiger partial charge is 0.220 e. The Hall–Kier alpha value is -0.870. The normalized spacial score (nSPS) is 21.6. The van der Waals surface area contributed by atoms with Crippen LogP contribution in [0.5, 0.6) is 0 Å². The minimum Gasteiger partial charge on any atom is -0.350 e. The van der Waals surface area contributed by atoms with Crippen LogP contribution in [0.1, 0.15) is 44.7 Å². The summed E-state index contributed by atoms with van der Waals surface area (Å²) in [6.07, 6.45) is 3.08. The summed E-state index contributed by atoms with van der Waals surface area (Å²) in [5.74, 6) is 1.21. The molecular weight excluding hydrogens is 328 g/mol. The molecule has 3 nitrogen and oxygen atoms in total. The highest BCUT2D eigenvalue weighted by Crippen LogP contribution is 2.25. The lowest BCUT2D eigenvalue weighted by Gasteiger charge is -2.28. The highest BCUT2D eigenvalue weighted by molar-refractivity contribution is 9.10. The Bertz CT molecular complexity index is 472. The standard InChI is InChI=1S/C17H25BrN2O/c1-12(14-6-5-9-19-11-14)10-17(21)20-13(2)15-7-3-4-8-16(15)18/h3-4,7-8,12-14,19H,5-6,9-11H2,1-2H3,(H,20,21). The van der Waals surface area contributed by atoms with E-state index in [0.29, 0.717) is 18.3 Å². The summed E-state index contributed by atoms with van der Waals surface area (Å²) in [4.78, 5) is 12.2. The fourth-order valence-electron chi connectivity index (χ4n) is 3.03. The van der Waals surface area contributed by atoms with Crippen LogP contribution in [0.2, 0.25) is 0 Å². The van der Waals surface area contributed by atoms with Crippen LogP contribution in [0.3, 0.4) is 0 Å². The molecule has 21 heavy (non-hydrogen) atoms. The van der Waals surface area contributed by atoms with Gasteiger partial charge in [0.05, 0.1) is 6.04 Å². The predicted molar refractivity (Wildman–Crippen MR) is 90.1 cm³/mol. The Kier molecular flexibility index (Phi) is 6.24. The topological polar surface area (TPSA) is 41.1 Å². The molecule has 0 aromatic heterocycles. The fraction of sp³-hybridized carbons (Fsp3) is 0.588. The van der Waals surface area contributed by atoms with Crippen molar-refractivity contribution < 1.29 is 4.79 Å². The second-order valence-electron chi connectivity index (χ2n) is 6.10. The average Bonchev–Trinajstić information content (AvgIpc) is 2.48. The molecule has 3 atom stereocenters. The maximum absolute atomic E-state index is 12.2. The maximum Gasteiger partial charge on any atom is 0.220 e. The molecule has 0 aliphatic carbocycles. The zero-order chi connectivity index (χ0) is 15.2. The molecule has 2 rings (SSSR count). The van der Waals surface area contributed by atoms with E-state index in [9.17, 15) is 4.79 Å². The number of halogens is 1. The predicted octanol–water partition coefficient (Wildman–Crippen LogP) is 3.65. The molecule has 1 heterocycles. The van der Waals surface area contributed by atoms with E-state index in [2.05, 4.69) is 33.5 Å². The molecule has 0 radical (unpaired) electrons. The van der Waals surface area contributed by atoms with Crippen LogP contribution in [-0.4, -0.2) is 19.0 Å². The van der Waals surface area contributed by atoms with Gasteiger partial charge in [0.15, 0.2) is 0 Å². The van der Waals surface area contributed by atoms with E-state index in [1.165, 1.54) is 12.8 Å². The first kappa shape index (κ1) is 16.5. The van der Waals surface area contributed by atoms with Gasteiger partial charge in [0.1, 0.15) is 0 Å². The monoisotopic (exact) mass is 352 g/mol. The van der Waals surface area contributed by atoms with Gasteiger partial charge in [-0.15, -0.1) is 0 Å². The minimum absolute atomic E-state index is 0.0322. The molecular formula is C17H25BrN2O. The summed E-state index contributed by atoms with van der Waals surface area (Å²) in [6, 6.07) is 8.07. The molecule has 1 fully saturated rings. The zero-order valence-corrected chi connectivity index (χ0v) is 14.4. The number of hydrogen-bond donors (Lipinski definition) is 2. The van der Waals surface area contributed by atoms with Crippen molar-refractivity contribution in [1.82, 2.24) is 10.6 Å². The molecule has 1 amide bonds. The number of piperidine rings is 1. The number of carbonyl (C=O) groups excluding carboxylic acids is 1. The van der Waals surface area contributed by atoms with E-state index in [1.54, 1.807) is 0 Å². The highest BCUT2D eigenvalue weighted by atomic mass is 79.9. The number of hydrogen-bond acceptors (Lipinski definition) is 2. The van der Waals surface area contributed by atoms with Crippen molar-refractivity contribution in [3.8, 4) is 0 Å². The molecule has 1 aliphatic heterocycles. The molecule has 1 aromatic carbocycles. The van der Waals surface area contributed by atoms with E-state index in [-0.39, 0.29) is 11.9 Å². The third kappa shape index (κ3) is 4.82. The molecule has 1 saturated heterocycles. The molecule has 4 heteroatoms. The first-order chi connectivity index (χ1) is 10.1. The largest absolute Gasteiger partial charge is 0.350 e. The maximum atomic E-state index is 12.2. The third-order valence-corrected chi connectivity index (χ3v) is 5.12. The van der Waals surface area contributed by atoms with Gasteiger partial charge in [0.25, 0.3) is 0 Å². The lowest BCUT2D eigenvalue weighted by Crippen LogP contribution is -2.36. The summed E-state index contributed by atoms with van der Waals surface area (Å²) in [6.45, 7) is 6.40. The SMILES string of the molecule is CC(NC(=O)CC(C)C1CCCNC1)c1ccccc1Br. The van der Waals surface area contributed by atoms with Crippen LogP contribution in [0.4, 0.5) is 0 Å². The van der Waals surface area contributed by atoms with Crippen LogP contribution in [0.25, 0.3) is 0 Å². The second-order valence-corrected chi connectivity index (χ2v) is 6.95. The first-order valence-corrected chi connectivity index (χ1v) is 8.61. The van der Waals surface area contributed by atoms with Gasteiger partial charge in [-0.25, -0.2) is 0 Å². The quantitative estimate of drug-likeness (QED) is 0.848. The van der Waals surface area contributed by atoms with Crippen molar-refractivity contribution in [2.24, 2.45) is 11.8 Å². The summed E-state index contributed by atoms with van der Waals surface area (Å²) >= 11 is 3.54. The first-order valence-electron chi connectivity index (χ1n) is 7.82. The summed E-state index contributed by atoms with van der Waals surface area (Å²) in [5.41, 5.74) is 1.12. The lowest BCUT2D eigenvalue weighted by molar-refractivity contribution is -0.123. The third-order valence-electron chi connectivity index (χ3n) is 4.40. The van der Waals surface area contributed by atoms with Gasteiger partial charge < -0.3 is 10.6 Å². The fourth-order valence-corrected chi connectivity index (χ4v) is 3.66. The van der Waals surface area contributed by atoms with Crippen molar-refractivity contribution in [3.05, 3.63) is 34.3 Å². The van der Waals surface area contributed by atoms with Crippen molar-refractivity contribution >= 4 is 21.8 Å². The van der Waals surface area contributed by atoms with Crippen molar-refractivity contribution in [2.45, 2.75) is 39.2 Å². The number of carbonyl (C=O) groups is 1. The van der Waals surface area contributed by atoms with Gasteiger partial charge >= 0.3 is 0 Å². The number of rotatable bonds is 5. The molecule has 0 bridgehead atoms. The van der Waals surface area contributed by atoms with Gasteiger partial charge in [0, 0.05) is 10.9 Å². The van der Waals surface area contributed by atoms with Gasteiger partial charge in [-0.1, -0.05) is 41.1 Å². The molecule has 0 spiro atoms. The number of nitrogens with one attached hydrogen (secondary N) is 2. The molecule has 116 valence electrons. The Labute approximate surface area is 136 Å². The Morgan fingerprint density at radius 3 is 2.86 bits per heavy atom. The van der Waals surface area contributed by atoms with Gasteiger partial charge in [-0.2, -0.15) is 0 Å². The van der Waals surface area contributed by atoms with Crippen molar-refractivity contribution in [2.75, 3.05) is 13.1 Å². The van der Waals surface area contributed by atoms with Crippen LogP contribution in [0, 0.1) is 11.8 Å². The summed E-state index contributed by atoms with van der Waals surface area (Å²) in [5, 5.41) is 6.54. The van der Waals surface area contributed by atoms with Gasteiger partial charge in [0.2, 0.25) is 5.91 Å². The number of benzene rings is 1. The Morgan fingerprint density at radius 1 is 1.43 bits per heavy atom. The molecule has 1 aliphatic rings. The van der Waals surface area contributed by atoms with Gasteiger partial charge in [-0.3, -0.25) is 4.79 Å².